The molecule has 0 aliphatic carbocycles. The van der Waals surface area contributed by atoms with Crippen molar-refractivity contribution in [3.05, 3.63) is 34.9 Å². The van der Waals surface area contributed by atoms with Crippen LogP contribution in [0.1, 0.15) is 21.5 Å². The van der Waals surface area contributed by atoms with E-state index in [0.717, 1.165) is 6.07 Å². The van der Waals surface area contributed by atoms with Gasteiger partial charge in [0.1, 0.15) is 0 Å². The van der Waals surface area contributed by atoms with Gasteiger partial charge in [0.05, 0.1) is 5.56 Å². The Balaban J connectivity index is 3.43. The quantitative estimate of drug-likeness (QED) is 0.716. The lowest BCUT2D eigenvalue weighted by atomic mass is 10.1. The number of carboxylic acids is 1. The number of benzene rings is 1. The zero-order chi connectivity index (χ0) is 13.4. The minimum absolute atomic E-state index is 0.00741. The van der Waals surface area contributed by atoms with E-state index in [4.69, 9.17) is 74.7 Å². The summed E-state index contributed by atoms with van der Waals surface area (Å²) >= 11 is 33.9. The second-order valence-electron chi connectivity index (χ2n) is 3.06. The SMILES string of the molecule is O=C(O)c1cc(C(Cl)(Cl)Cl)ccc1C(Cl)(Cl)Cl. The molecule has 0 heterocycles. The predicted molar refractivity (Wildman–Crippen MR) is 71.9 cm³/mol. The summed E-state index contributed by atoms with van der Waals surface area (Å²) in [4.78, 5) is 11.0. The van der Waals surface area contributed by atoms with Crippen LogP contribution in [-0.2, 0) is 7.59 Å². The fourth-order valence-electron chi connectivity index (χ4n) is 1.14. The van der Waals surface area contributed by atoms with Crippen molar-refractivity contribution in [2.75, 3.05) is 0 Å². The van der Waals surface area contributed by atoms with Gasteiger partial charge in [-0.3, -0.25) is 0 Å². The number of alkyl halides is 6. The summed E-state index contributed by atoms with van der Waals surface area (Å²) in [5, 5.41) is 9.01. The fourth-order valence-corrected chi connectivity index (χ4v) is 1.99. The molecule has 0 spiro atoms. The van der Waals surface area contributed by atoms with E-state index in [0.29, 0.717) is 0 Å². The standard InChI is InChI=1S/C9H4Cl6O2/c10-8(11,12)4-1-2-6(9(13,14)15)5(3-4)7(16)17/h1-3H,(H,16,17). The minimum atomic E-state index is -1.86. The number of hydrogen-bond acceptors (Lipinski definition) is 1. The van der Waals surface area contributed by atoms with Crippen LogP contribution in [0.4, 0.5) is 0 Å². The molecule has 1 aromatic rings. The van der Waals surface area contributed by atoms with E-state index >= 15 is 0 Å². The van der Waals surface area contributed by atoms with E-state index in [2.05, 4.69) is 0 Å². The van der Waals surface area contributed by atoms with Gasteiger partial charge in [-0.15, -0.1) is 0 Å². The first kappa shape index (κ1) is 15.5. The fraction of sp³-hybridized carbons (Fsp3) is 0.222. The van der Waals surface area contributed by atoms with Crippen LogP contribution in [0.5, 0.6) is 0 Å². The van der Waals surface area contributed by atoms with Gasteiger partial charge in [-0.25, -0.2) is 4.79 Å². The van der Waals surface area contributed by atoms with E-state index in [1.165, 1.54) is 12.1 Å². The monoisotopic (exact) mass is 354 g/mol. The molecule has 0 atom stereocenters. The Morgan fingerprint density at radius 3 is 1.88 bits per heavy atom. The number of hydrogen-bond donors (Lipinski definition) is 1. The Hall–Kier alpha value is 0.430. The Morgan fingerprint density at radius 2 is 1.53 bits per heavy atom. The molecule has 0 aliphatic heterocycles. The van der Waals surface area contributed by atoms with Crippen molar-refractivity contribution in [2.24, 2.45) is 0 Å². The molecule has 0 saturated carbocycles. The first-order valence-corrected chi connectivity index (χ1v) is 6.32. The lowest BCUT2D eigenvalue weighted by Crippen LogP contribution is -2.12. The van der Waals surface area contributed by atoms with Gasteiger partial charge in [0.15, 0.2) is 0 Å². The number of rotatable bonds is 1. The highest BCUT2D eigenvalue weighted by molar-refractivity contribution is 6.67. The summed E-state index contributed by atoms with van der Waals surface area (Å²) < 4.78 is -3.60. The van der Waals surface area contributed by atoms with E-state index in [-0.39, 0.29) is 16.7 Å². The lowest BCUT2D eigenvalue weighted by molar-refractivity contribution is 0.0695. The summed E-state index contributed by atoms with van der Waals surface area (Å²) in [7, 11) is 0. The second-order valence-corrected chi connectivity index (χ2v) is 7.62. The molecule has 0 unspecified atom stereocenters. The minimum Gasteiger partial charge on any atom is -0.478 e. The van der Waals surface area contributed by atoms with Gasteiger partial charge in [0.25, 0.3) is 0 Å². The summed E-state index contributed by atoms with van der Waals surface area (Å²) in [5.41, 5.74) is -0.0419. The molecule has 8 heteroatoms. The normalized spacial score (nSPS) is 12.6. The average Bonchev–Trinajstić information content (AvgIpc) is 2.14. The van der Waals surface area contributed by atoms with Crippen molar-refractivity contribution in [1.82, 2.24) is 0 Å². The molecule has 0 aromatic heterocycles. The van der Waals surface area contributed by atoms with Gasteiger partial charge < -0.3 is 5.11 Å². The largest absolute Gasteiger partial charge is 0.478 e. The van der Waals surface area contributed by atoms with Gasteiger partial charge >= 0.3 is 5.97 Å². The van der Waals surface area contributed by atoms with Gasteiger partial charge in [-0.05, 0) is 6.07 Å². The molecule has 1 N–H and O–H groups in total. The molecule has 0 fully saturated rings. The Morgan fingerprint density at radius 1 is 1.00 bits per heavy atom. The molecule has 0 bridgehead atoms. The zero-order valence-corrected chi connectivity index (χ0v) is 12.4. The van der Waals surface area contributed by atoms with E-state index in [9.17, 15) is 4.79 Å². The first-order valence-electron chi connectivity index (χ1n) is 4.05. The molecule has 0 aliphatic rings. The molecular formula is C9H4Cl6O2. The van der Waals surface area contributed by atoms with E-state index in [1.54, 1.807) is 0 Å². The molecule has 0 radical (unpaired) electrons. The van der Waals surface area contributed by atoms with Crippen LogP contribution < -0.4 is 0 Å². The van der Waals surface area contributed by atoms with E-state index < -0.39 is 13.6 Å². The summed E-state index contributed by atoms with van der Waals surface area (Å²) in [6, 6.07) is 3.84. The third-order valence-electron chi connectivity index (χ3n) is 1.88. The van der Waals surface area contributed by atoms with Gasteiger partial charge in [0, 0.05) is 11.1 Å². The van der Waals surface area contributed by atoms with Crippen LogP contribution in [0, 0.1) is 0 Å². The van der Waals surface area contributed by atoms with E-state index in [1.807, 2.05) is 0 Å². The van der Waals surface area contributed by atoms with Crippen molar-refractivity contribution in [2.45, 2.75) is 7.59 Å². The Kier molecular flexibility index (Phi) is 4.74. The van der Waals surface area contributed by atoms with Crippen LogP contribution in [0.3, 0.4) is 0 Å². The smallest absolute Gasteiger partial charge is 0.336 e. The molecule has 2 nitrogen and oxygen atoms in total. The third kappa shape index (κ3) is 3.95. The van der Waals surface area contributed by atoms with Gasteiger partial charge in [0.2, 0.25) is 7.59 Å². The summed E-state index contributed by atoms with van der Waals surface area (Å²) in [6.45, 7) is 0. The molecule has 1 aromatic carbocycles. The first-order chi connectivity index (χ1) is 7.53. The van der Waals surface area contributed by atoms with Crippen molar-refractivity contribution in [1.29, 1.82) is 0 Å². The highest BCUT2D eigenvalue weighted by Gasteiger charge is 2.31. The van der Waals surface area contributed by atoms with Crippen LogP contribution in [0.25, 0.3) is 0 Å². The second kappa shape index (κ2) is 5.20. The molecule has 17 heavy (non-hydrogen) atoms. The average molecular weight is 357 g/mol. The number of carboxylic acid groups (broad SMARTS) is 1. The molecule has 1 rings (SSSR count). The summed E-state index contributed by atoms with van der Waals surface area (Å²) in [6.07, 6.45) is 0. The van der Waals surface area contributed by atoms with Crippen LogP contribution in [0.2, 0.25) is 0 Å². The van der Waals surface area contributed by atoms with Crippen LogP contribution in [0.15, 0.2) is 18.2 Å². The summed E-state index contributed by atoms with van der Waals surface area (Å²) in [5.74, 6) is -1.28. The van der Waals surface area contributed by atoms with Crippen molar-refractivity contribution in [3.63, 3.8) is 0 Å². The maximum atomic E-state index is 11.0. The Bertz CT molecular complexity index is 446. The third-order valence-corrected chi connectivity index (χ3v) is 3.15. The number of carbonyl (C=O) groups is 1. The lowest BCUT2D eigenvalue weighted by Gasteiger charge is -2.18. The van der Waals surface area contributed by atoms with Crippen molar-refractivity contribution < 1.29 is 9.90 Å². The predicted octanol–water partition coefficient (Wildman–Crippen LogP) is 5.04. The Labute approximate surface area is 127 Å². The molecule has 0 amide bonds. The topological polar surface area (TPSA) is 37.3 Å². The van der Waals surface area contributed by atoms with Crippen molar-refractivity contribution in [3.8, 4) is 0 Å². The molecular weight excluding hydrogens is 353 g/mol. The van der Waals surface area contributed by atoms with Gasteiger partial charge in [-0.1, -0.05) is 81.7 Å². The van der Waals surface area contributed by atoms with Crippen LogP contribution in [-0.4, -0.2) is 11.1 Å². The van der Waals surface area contributed by atoms with Crippen LogP contribution >= 0.6 is 69.6 Å². The highest BCUT2D eigenvalue weighted by atomic mass is 35.6. The maximum Gasteiger partial charge on any atom is 0.336 e. The number of halogens is 6. The highest BCUT2D eigenvalue weighted by Crippen LogP contribution is 2.43. The zero-order valence-electron chi connectivity index (χ0n) is 7.86. The van der Waals surface area contributed by atoms with Crippen molar-refractivity contribution >= 4 is 75.6 Å². The molecule has 94 valence electrons. The maximum absolute atomic E-state index is 11.0. The van der Waals surface area contributed by atoms with Gasteiger partial charge in [-0.2, -0.15) is 0 Å². The number of aromatic carboxylic acids is 1. The molecule has 0 saturated heterocycles.